The Hall–Kier alpha value is -1.30. The quantitative estimate of drug-likeness (QED) is 0.778. The molecule has 1 saturated carbocycles. The van der Waals surface area contributed by atoms with Gasteiger partial charge in [0.05, 0.1) is 12.0 Å². The summed E-state index contributed by atoms with van der Waals surface area (Å²) in [5, 5.41) is 11.8. The van der Waals surface area contributed by atoms with Crippen LogP contribution in [0.4, 0.5) is 4.79 Å². The van der Waals surface area contributed by atoms with Crippen molar-refractivity contribution in [3.05, 3.63) is 0 Å². The molecule has 0 aromatic carbocycles. The SMILES string of the molecule is COC(CNC(=O)N1CCCC(C(=O)O)C1)C1CC1. The summed E-state index contributed by atoms with van der Waals surface area (Å²) in [5.74, 6) is -0.676. The van der Waals surface area contributed by atoms with E-state index in [0.717, 1.165) is 6.42 Å². The Balaban J connectivity index is 1.77. The Labute approximate surface area is 113 Å². The first kappa shape index (κ1) is 14.1. The minimum atomic E-state index is -0.815. The van der Waals surface area contributed by atoms with Crippen LogP contribution in [0.2, 0.25) is 0 Å². The Bertz CT molecular complexity index is 344. The van der Waals surface area contributed by atoms with Gasteiger partial charge in [-0.15, -0.1) is 0 Å². The fourth-order valence-electron chi connectivity index (χ4n) is 2.57. The van der Waals surface area contributed by atoms with Crippen LogP contribution in [0.1, 0.15) is 25.7 Å². The Morgan fingerprint density at radius 2 is 2.16 bits per heavy atom. The zero-order valence-corrected chi connectivity index (χ0v) is 11.3. The molecule has 0 bridgehead atoms. The molecule has 0 aromatic rings. The molecule has 2 rings (SSSR count). The monoisotopic (exact) mass is 270 g/mol. The summed E-state index contributed by atoms with van der Waals surface area (Å²) in [4.78, 5) is 24.5. The zero-order valence-electron chi connectivity index (χ0n) is 11.3. The molecule has 2 amide bonds. The number of nitrogens with one attached hydrogen (secondary N) is 1. The first-order chi connectivity index (χ1) is 9.11. The van der Waals surface area contributed by atoms with Gasteiger partial charge in [-0.1, -0.05) is 0 Å². The van der Waals surface area contributed by atoms with Gasteiger partial charge in [0.25, 0.3) is 0 Å². The van der Waals surface area contributed by atoms with Crippen LogP contribution in [0, 0.1) is 11.8 Å². The summed E-state index contributed by atoms with van der Waals surface area (Å²) in [5.41, 5.74) is 0. The van der Waals surface area contributed by atoms with Crippen molar-refractivity contribution in [2.24, 2.45) is 11.8 Å². The van der Waals surface area contributed by atoms with Crippen LogP contribution < -0.4 is 5.32 Å². The van der Waals surface area contributed by atoms with E-state index in [-0.39, 0.29) is 12.1 Å². The maximum atomic E-state index is 12.0. The van der Waals surface area contributed by atoms with Crippen molar-refractivity contribution in [1.82, 2.24) is 10.2 Å². The van der Waals surface area contributed by atoms with Crippen molar-refractivity contribution in [2.45, 2.75) is 31.8 Å². The summed E-state index contributed by atoms with van der Waals surface area (Å²) < 4.78 is 5.34. The highest BCUT2D eigenvalue weighted by Crippen LogP contribution is 2.33. The predicted octanol–water partition coefficient (Wildman–Crippen LogP) is 0.918. The highest BCUT2D eigenvalue weighted by atomic mass is 16.5. The van der Waals surface area contributed by atoms with Crippen molar-refractivity contribution in [3.63, 3.8) is 0 Å². The fraction of sp³-hybridized carbons (Fsp3) is 0.846. The van der Waals surface area contributed by atoms with Gasteiger partial charge in [0.2, 0.25) is 0 Å². The van der Waals surface area contributed by atoms with E-state index in [1.54, 1.807) is 12.0 Å². The maximum Gasteiger partial charge on any atom is 0.317 e. The third-order valence-corrected chi connectivity index (χ3v) is 3.96. The van der Waals surface area contributed by atoms with Gasteiger partial charge in [0.1, 0.15) is 0 Å². The van der Waals surface area contributed by atoms with Gasteiger partial charge in [-0.2, -0.15) is 0 Å². The molecule has 0 spiro atoms. The van der Waals surface area contributed by atoms with Gasteiger partial charge < -0.3 is 20.1 Å². The molecule has 2 aliphatic rings. The third kappa shape index (κ3) is 3.83. The first-order valence-electron chi connectivity index (χ1n) is 6.90. The van der Waals surface area contributed by atoms with Gasteiger partial charge in [-0.25, -0.2) is 4.79 Å². The molecule has 0 aromatic heterocycles. The number of piperidine rings is 1. The summed E-state index contributed by atoms with van der Waals surface area (Å²) in [6, 6.07) is -0.173. The van der Waals surface area contributed by atoms with Crippen LogP contribution in [-0.4, -0.2) is 54.9 Å². The summed E-state index contributed by atoms with van der Waals surface area (Å²) in [6.45, 7) is 1.45. The number of nitrogens with zero attached hydrogens (tertiary/aromatic N) is 1. The van der Waals surface area contributed by atoms with Gasteiger partial charge in [0.15, 0.2) is 0 Å². The van der Waals surface area contributed by atoms with E-state index in [0.29, 0.717) is 32.0 Å². The lowest BCUT2D eigenvalue weighted by Gasteiger charge is -2.31. The molecule has 108 valence electrons. The maximum absolute atomic E-state index is 12.0. The van der Waals surface area contributed by atoms with Crippen LogP contribution in [0.3, 0.4) is 0 Å². The van der Waals surface area contributed by atoms with E-state index < -0.39 is 11.9 Å². The summed E-state index contributed by atoms with van der Waals surface area (Å²) in [7, 11) is 1.66. The Kier molecular flexibility index (Phi) is 4.63. The molecule has 6 nitrogen and oxygen atoms in total. The van der Waals surface area contributed by atoms with Crippen LogP contribution in [0.15, 0.2) is 0 Å². The standard InChI is InChI=1S/C13H22N2O4/c1-19-11(9-4-5-9)7-14-13(18)15-6-2-3-10(8-15)12(16)17/h9-11H,2-8H2,1H3,(H,14,18)(H,16,17). The molecule has 1 heterocycles. The van der Waals surface area contributed by atoms with E-state index in [1.165, 1.54) is 12.8 Å². The zero-order chi connectivity index (χ0) is 13.8. The minimum Gasteiger partial charge on any atom is -0.481 e. The predicted molar refractivity (Wildman–Crippen MR) is 68.9 cm³/mol. The average molecular weight is 270 g/mol. The number of carboxylic acid groups (broad SMARTS) is 1. The largest absolute Gasteiger partial charge is 0.481 e. The molecular weight excluding hydrogens is 248 g/mol. The van der Waals surface area contributed by atoms with E-state index in [4.69, 9.17) is 9.84 Å². The number of methoxy groups -OCH3 is 1. The molecule has 6 heteroatoms. The van der Waals surface area contributed by atoms with Crippen molar-refractivity contribution < 1.29 is 19.4 Å². The van der Waals surface area contributed by atoms with Crippen molar-refractivity contribution in [2.75, 3.05) is 26.7 Å². The van der Waals surface area contributed by atoms with E-state index in [2.05, 4.69) is 5.32 Å². The molecule has 2 atom stereocenters. The number of aliphatic carboxylic acids is 1. The number of carbonyl (C=O) groups is 2. The van der Waals surface area contributed by atoms with Gasteiger partial charge in [-0.3, -0.25) is 4.79 Å². The van der Waals surface area contributed by atoms with Gasteiger partial charge in [0, 0.05) is 26.7 Å². The number of ether oxygens (including phenoxy) is 1. The van der Waals surface area contributed by atoms with Crippen molar-refractivity contribution in [3.8, 4) is 0 Å². The summed E-state index contributed by atoms with van der Waals surface area (Å²) in [6.07, 6.45) is 3.82. The topological polar surface area (TPSA) is 78.9 Å². The normalized spacial score (nSPS) is 24.9. The number of likely N-dealkylation sites (tertiary alicyclic amines) is 1. The van der Waals surface area contributed by atoms with Gasteiger partial charge >= 0.3 is 12.0 Å². The lowest BCUT2D eigenvalue weighted by Crippen LogP contribution is -2.48. The van der Waals surface area contributed by atoms with E-state index in [9.17, 15) is 9.59 Å². The number of carbonyl (C=O) groups excluding carboxylic acids is 1. The van der Waals surface area contributed by atoms with Crippen LogP contribution >= 0.6 is 0 Å². The van der Waals surface area contributed by atoms with Crippen molar-refractivity contribution >= 4 is 12.0 Å². The van der Waals surface area contributed by atoms with Crippen LogP contribution in [0.25, 0.3) is 0 Å². The number of amides is 2. The number of urea groups is 1. The van der Waals surface area contributed by atoms with Gasteiger partial charge in [-0.05, 0) is 31.6 Å². The Morgan fingerprint density at radius 3 is 2.74 bits per heavy atom. The van der Waals surface area contributed by atoms with E-state index in [1.807, 2.05) is 0 Å². The Morgan fingerprint density at radius 1 is 1.42 bits per heavy atom. The highest BCUT2D eigenvalue weighted by Gasteiger charge is 2.32. The second-order valence-corrected chi connectivity index (χ2v) is 5.42. The molecule has 0 radical (unpaired) electrons. The molecule has 1 aliphatic heterocycles. The summed E-state index contributed by atoms with van der Waals surface area (Å²) >= 11 is 0. The van der Waals surface area contributed by atoms with Crippen molar-refractivity contribution in [1.29, 1.82) is 0 Å². The molecular formula is C13H22N2O4. The molecule has 2 fully saturated rings. The lowest BCUT2D eigenvalue weighted by molar-refractivity contribution is -0.143. The van der Waals surface area contributed by atoms with E-state index >= 15 is 0 Å². The minimum absolute atomic E-state index is 0.0870. The molecule has 2 unspecified atom stereocenters. The number of rotatable bonds is 5. The number of carboxylic acids is 1. The number of hydrogen-bond acceptors (Lipinski definition) is 3. The third-order valence-electron chi connectivity index (χ3n) is 3.96. The van der Waals surface area contributed by atoms with Crippen LogP contribution in [-0.2, 0) is 9.53 Å². The fourth-order valence-corrected chi connectivity index (χ4v) is 2.57. The molecule has 1 aliphatic carbocycles. The second kappa shape index (κ2) is 6.23. The lowest BCUT2D eigenvalue weighted by atomic mass is 9.99. The number of hydrogen-bond donors (Lipinski definition) is 2. The molecule has 2 N–H and O–H groups in total. The molecule has 19 heavy (non-hydrogen) atoms. The van der Waals surface area contributed by atoms with Crippen LogP contribution in [0.5, 0.6) is 0 Å². The molecule has 1 saturated heterocycles. The highest BCUT2D eigenvalue weighted by molar-refractivity contribution is 5.76. The first-order valence-corrected chi connectivity index (χ1v) is 6.90. The second-order valence-electron chi connectivity index (χ2n) is 5.42. The smallest absolute Gasteiger partial charge is 0.317 e. The average Bonchev–Trinajstić information content (AvgIpc) is 3.24.